The van der Waals surface area contributed by atoms with Crippen molar-refractivity contribution < 1.29 is 9.53 Å². The van der Waals surface area contributed by atoms with E-state index in [4.69, 9.17) is 4.74 Å². The van der Waals surface area contributed by atoms with Gasteiger partial charge in [-0.05, 0) is 49.2 Å². The fourth-order valence-corrected chi connectivity index (χ4v) is 2.12. The average molecular weight is 300 g/mol. The van der Waals surface area contributed by atoms with E-state index in [1.54, 1.807) is 0 Å². The van der Waals surface area contributed by atoms with Gasteiger partial charge in [0, 0.05) is 43.4 Å². The third-order valence-electron chi connectivity index (χ3n) is 3.43. The molecule has 0 unspecified atom stereocenters. The fourth-order valence-electron chi connectivity index (χ4n) is 2.12. The molecule has 0 aliphatic heterocycles. The number of benzene rings is 1. The van der Waals surface area contributed by atoms with Gasteiger partial charge in [-0.25, -0.2) is 0 Å². The van der Waals surface area contributed by atoms with Crippen molar-refractivity contribution >= 4 is 5.91 Å². The summed E-state index contributed by atoms with van der Waals surface area (Å²) in [6.45, 7) is 4.30. The molecule has 0 fully saturated rings. The lowest BCUT2D eigenvalue weighted by molar-refractivity contribution is 0.0940. The molecule has 0 radical (unpaired) electrons. The van der Waals surface area contributed by atoms with Crippen LogP contribution in [0.25, 0.3) is 5.69 Å². The number of nitrogens with one attached hydrogen (secondary N) is 1. The van der Waals surface area contributed by atoms with Crippen molar-refractivity contribution in [3.8, 4) is 5.69 Å². The Balaban J connectivity index is 1.71. The Bertz CT molecular complexity index is 547. The maximum atomic E-state index is 12.0. The Morgan fingerprint density at radius 1 is 1.09 bits per heavy atom. The van der Waals surface area contributed by atoms with Gasteiger partial charge in [0.15, 0.2) is 0 Å². The molecule has 0 spiro atoms. The van der Waals surface area contributed by atoms with E-state index in [0.29, 0.717) is 18.7 Å². The number of rotatable bonds is 9. The van der Waals surface area contributed by atoms with Crippen LogP contribution in [0.4, 0.5) is 0 Å². The largest absolute Gasteiger partial charge is 0.381 e. The van der Waals surface area contributed by atoms with Gasteiger partial charge in [0.05, 0.1) is 0 Å². The van der Waals surface area contributed by atoms with Gasteiger partial charge in [0.2, 0.25) is 0 Å². The van der Waals surface area contributed by atoms with E-state index in [1.807, 2.05) is 53.4 Å². The van der Waals surface area contributed by atoms with Gasteiger partial charge < -0.3 is 14.6 Å². The summed E-state index contributed by atoms with van der Waals surface area (Å²) in [5.41, 5.74) is 1.73. The summed E-state index contributed by atoms with van der Waals surface area (Å²) in [6.07, 6.45) is 7.05. The van der Waals surface area contributed by atoms with Crippen molar-refractivity contribution in [1.82, 2.24) is 9.88 Å². The summed E-state index contributed by atoms with van der Waals surface area (Å²) in [5.74, 6) is -0.0346. The molecule has 1 amide bonds. The first-order chi connectivity index (χ1) is 10.8. The Hall–Kier alpha value is -2.07. The SMILES string of the molecule is CCCCOCCCNC(=O)c1ccc(-n2cccc2)cc1. The first-order valence-electron chi connectivity index (χ1n) is 7.90. The van der Waals surface area contributed by atoms with Crippen LogP contribution < -0.4 is 5.32 Å². The molecule has 1 heterocycles. The number of hydrogen-bond donors (Lipinski definition) is 1. The number of carbonyl (C=O) groups excluding carboxylic acids is 1. The molecule has 0 bridgehead atoms. The highest BCUT2D eigenvalue weighted by Gasteiger charge is 2.04. The molecule has 0 saturated heterocycles. The van der Waals surface area contributed by atoms with Crippen molar-refractivity contribution in [3.05, 3.63) is 54.4 Å². The van der Waals surface area contributed by atoms with E-state index in [2.05, 4.69) is 12.2 Å². The number of amides is 1. The Morgan fingerprint density at radius 2 is 1.77 bits per heavy atom. The fraction of sp³-hybridized carbons (Fsp3) is 0.389. The van der Waals surface area contributed by atoms with Crippen LogP contribution in [-0.4, -0.2) is 30.2 Å². The van der Waals surface area contributed by atoms with E-state index in [1.165, 1.54) is 0 Å². The van der Waals surface area contributed by atoms with Gasteiger partial charge in [-0.1, -0.05) is 13.3 Å². The van der Waals surface area contributed by atoms with Crippen molar-refractivity contribution in [2.24, 2.45) is 0 Å². The van der Waals surface area contributed by atoms with Crippen molar-refractivity contribution in [2.75, 3.05) is 19.8 Å². The van der Waals surface area contributed by atoms with E-state index >= 15 is 0 Å². The molecule has 1 aromatic heterocycles. The molecule has 0 saturated carbocycles. The highest BCUT2D eigenvalue weighted by Crippen LogP contribution is 2.10. The smallest absolute Gasteiger partial charge is 0.251 e. The van der Waals surface area contributed by atoms with Gasteiger partial charge in [0.25, 0.3) is 5.91 Å². The molecule has 0 atom stereocenters. The number of unbranched alkanes of at least 4 members (excludes halogenated alkanes) is 1. The van der Waals surface area contributed by atoms with Crippen LogP contribution in [0.5, 0.6) is 0 Å². The van der Waals surface area contributed by atoms with E-state index in [0.717, 1.165) is 31.6 Å². The number of hydrogen-bond acceptors (Lipinski definition) is 2. The summed E-state index contributed by atoms with van der Waals surface area (Å²) < 4.78 is 7.47. The normalized spacial score (nSPS) is 10.6. The number of nitrogens with zero attached hydrogens (tertiary/aromatic N) is 1. The standard InChI is InChI=1S/C18H24N2O2/c1-2-3-14-22-15-6-11-19-18(21)16-7-9-17(10-8-16)20-12-4-5-13-20/h4-5,7-10,12-13H,2-3,6,11,14-15H2,1H3,(H,19,21). The third-order valence-corrected chi connectivity index (χ3v) is 3.43. The monoisotopic (exact) mass is 300 g/mol. The highest BCUT2D eigenvalue weighted by molar-refractivity contribution is 5.94. The predicted octanol–water partition coefficient (Wildman–Crippen LogP) is 3.41. The van der Waals surface area contributed by atoms with Crippen molar-refractivity contribution in [2.45, 2.75) is 26.2 Å². The second kappa shape index (κ2) is 9.05. The minimum absolute atomic E-state index is 0.0346. The van der Waals surface area contributed by atoms with Crippen molar-refractivity contribution in [3.63, 3.8) is 0 Å². The highest BCUT2D eigenvalue weighted by atomic mass is 16.5. The summed E-state index contributed by atoms with van der Waals surface area (Å²) in [4.78, 5) is 12.0. The minimum Gasteiger partial charge on any atom is -0.381 e. The van der Waals surface area contributed by atoms with E-state index in [9.17, 15) is 4.79 Å². The predicted molar refractivity (Wildman–Crippen MR) is 88.4 cm³/mol. The second-order valence-corrected chi connectivity index (χ2v) is 5.21. The lowest BCUT2D eigenvalue weighted by atomic mass is 10.2. The Kier molecular flexibility index (Phi) is 6.71. The average Bonchev–Trinajstić information content (AvgIpc) is 3.08. The zero-order valence-corrected chi connectivity index (χ0v) is 13.1. The number of aromatic nitrogens is 1. The van der Waals surface area contributed by atoms with E-state index in [-0.39, 0.29) is 5.91 Å². The molecule has 1 N–H and O–H groups in total. The summed E-state index contributed by atoms with van der Waals surface area (Å²) in [5, 5.41) is 2.92. The topological polar surface area (TPSA) is 43.3 Å². The van der Waals surface area contributed by atoms with Crippen LogP contribution in [-0.2, 0) is 4.74 Å². The summed E-state index contributed by atoms with van der Waals surface area (Å²) in [7, 11) is 0. The molecule has 4 heteroatoms. The van der Waals surface area contributed by atoms with Crippen LogP contribution in [0.2, 0.25) is 0 Å². The van der Waals surface area contributed by atoms with Gasteiger partial charge in [-0.3, -0.25) is 4.79 Å². The van der Waals surface area contributed by atoms with Crippen LogP contribution in [0, 0.1) is 0 Å². The van der Waals surface area contributed by atoms with Gasteiger partial charge >= 0.3 is 0 Å². The lowest BCUT2D eigenvalue weighted by Gasteiger charge is -2.07. The summed E-state index contributed by atoms with van der Waals surface area (Å²) >= 11 is 0. The van der Waals surface area contributed by atoms with Gasteiger partial charge in [0.1, 0.15) is 0 Å². The van der Waals surface area contributed by atoms with Crippen molar-refractivity contribution in [1.29, 1.82) is 0 Å². The van der Waals surface area contributed by atoms with Gasteiger partial charge in [-0.15, -0.1) is 0 Å². The first-order valence-corrected chi connectivity index (χ1v) is 7.90. The lowest BCUT2D eigenvalue weighted by Crippen LogP contribution is -2.25. The Morgan fingerprint density at radius 3 is 2.45 bits per heavy atom. The molecule has 2 aromatic rings. The molecule has 0 aliphatic carbocycles. The zero-order valence-electron chi connectivity index (χ0n) is 13.1. The molecular weight excluding hydrogens is 276 g/mol. The third kappa shape index (κ3) is 5.04. The van der Waals surface area contributed by atoms with E-state index < -0.39 is 0 Å². The molecule has 22 heavy (non-hydrogen) atoms. The molecule has 1 aromatic carbocycles. The number of carbonyl (C=O) groups is 1. The molecule has 2 rings (SSSR count). The second-order valence-electron chi connectivity index (χ2n) is 5.21. The van der Waals surface area contributed by atoms with Crippen LogP contribution >= 0.6 is 0 Å². The maximum Gasteiger partial charge on any atom is 0.251 e. The zero-order chi connectivity index (χ0) is 15.6. The van der Waals surface area contributed by atoms with Gasteiger partial charge in [-0.2, -0.15) is 0 Å². The first kappa shape index (κ1) is 16.3. The molecular formula is C18H24N2O2. The molecule has 4 nitrogen and oxygen atoms in total. The summed E-state index contributed by atoms with van der Waals surface area (Å²) in [6, 6.07) is 11.5. The molecule has 0 aliphatic rings. The Labute approximate surface area is 132 Å². The van der Waals surface area contributed by atoms with Crippen LogP contribution in [0.3, 0.4) is 0 Å². The minimum atomic E-state index is -0.0346. The maximum absolute atomic E-state index is 12.0. The quantitative estimate of drug-likeness (QED) is 0.721. The van der Waals surface area contributed by atoms with Crippen LogP contribution in [0.1, 0.15) is 36.5 Å². The number of ether oxygens (including phenoxy) is 1. The molecule has 118 valence electrons. The van der Waals surface area contributed by atoms with Crippen LogP contribution in [0.15, 0.2) is 48.8 Å².